The molecule has 0 saturated carbocycles. The number of hydrogen-bond donors (Lipinski definition) is 0. The first-order valence-electron chi connectivity index (χ1n) is 26.1. The minimum absolute atomic E-state index is 0.0293. The van der Waals surface area contributed by atoms with Crippen molar-refractivity contribution in [3.63, 3.8) is 0 Å². The van der Waals surface area contributed by atoms with Gasteiger partial charge in [0.1, 0.15) is 0 Å². The SMILES string of the molecule is Cc1cc2c(cc1N1c3ccc(-c4ccccc4)cc3B3c4cc5c(cc4N(c4ccc6c(c4C)C(C)(C)CCC6(C)C)c4cc(C(C)(C)C)cc1c43)C(C)(C)CC5(C)C)C(C)(C)CCC2(C)C. The van der Waals surface area contributed by atoms with Crippen LogP contribution in [-0.4, -0.2) is 6.71 Å². The van der Waals surface area contributed by atoms with Gasteiger partial charge in [-0.2, -0.15) is 0 Å². The van der Waals surface area contributed by atoms with Crippen molar-refractivity contribution in [2.24, 2.45) is 0 Å². The third-order valence-corrected chi connectivity index (χ3v) is 18.4. The zero-order chi connectivity index (χ0) is 48.6. The Bertz CT molecular complexity index is 3110. The van der Waals surface area contributed by atoms with Gasteiger partial charge in [-0.05, 0) is 198 Å². The minimum Gasteiger partial charge on any atom is -0.311 e. The van der Waals surface area contributed by atoms with Crippen LogP contribution in [0.25, 0.3) is 11.1 Å². The summed E-state index contributed by atoms with van der Waals surface area (Å²) in [5.41, 5.74) is 28.3. The molecule has 0 spiro atoms. The molecule has 0 saturated heterocycles. The van der Waals surface area contributed by atoms with Crippen LogP contribution in [0.2, 0.25) is 0 Å². The van der Waals surface area contributed by atoms with Crippen molar-refractivity contribution >= 4 is 57.2 Å². The van der Waals surface area contributed by atoms with Crippen LogP contribution >= 0.6 is 0 Å². The lowest BCUT2D eigenvalue weighted by molar-refractivity contribution is 0.330. The van der Waals surface area contributed by atoms with Gasteiger partial charge in [-0.25, -0.2) is 0 Å². The maximum absolute atomic E-state index is 2.77. The Morgan fingerprint density at radius 2 is 0.926 bits per heavy atom. The summed E-state index contributed by atoms with van der Waals surface area (Å²) in [6, 6.07) is 39.3. The van der Waals surface area contributed by atoms with E-state index in [1.54, 1.807) is 5.56 Å². The van der Waals surface area contributed by atoms with Gasteiger partial charge in [-0.1, -0.05) is 165 Å². The van der Waals surface area contributed by atoms with Gasteiger partial charge in [0.05, 0.1) is 0 Å². The van der Waals surface area contributed by atoms with Crippen molar-refractivity contribution in [1.82, 2.24) is 0 Å². The van der Waals surface area contributed by atoms with Crippen molar-refractivity contribution in [1.29, 1.82) is 0 Å². The van der Waals surface area contributed by atoms with Crippen molar-refractivity contribution in [3.8, 4) is 11.1 Å². The van der Waals surface area contributed by atoms with E-state index in [4.69, 9.17) is 0 Å². The fourth-order valence-electron chi connectivity index (χ4n) is 14.4. The molecule has 5 aliphatic rings. The van der Waals surface area contributed by atoms with Gasteiger partial charge in [0, 0.05) is 34.1 Å². The van der Waals surface area contributed by atoms with Crippen LogP contribution in [0.5, 0.6) is 0 Å². The Balaban J connectivity index is 1.30. The molecule has 11 rings (SSSR count). The number of hydrogen-bond acceptors (Lipinski definition) is 2. The molecule has 0 aromatic heterocycles. The van der Waals surface area contributed by atoms with Crippen LogP contribution in [0.3, 0.4) is 0 Å². The molecule has 68 heavy (non-hydrogen) atoms. The third-order valence-electron chi connectivity index (χ3n) is 18.4. The zero-order valence-corrected chi connectivity index (χ0v) is 44.7. The van der Waals surface area contributed by atoms with Crippen molar-refractivity contribution in [3.05, 3.63) is 147 Å². The number of anilines is 6. The van der Waals surface area contributed by atoms with Crippen LogP contribution in [0.15, 0.2) is 97.1 Å². The lowest BCUT2D eigenvalue weighted by Gasteiger charge is -2.48. The maximum atomic E-state index is 2.77. The molecule has 2 aliphatic heterocycles. The molecule has 6 aromatic rings. The van der Waals surface area contributed by atoms with Crippen LogP contribution in [0.1, 0.15) is 186 Å². The summed E-state index contributed by atoms with van der Waals surface area (Å²) < 4.78 is 0. The smallest absolute Gasteiger partial charge is 0.252 e. The number of benzene rings is 6. The fourth-order valence-corrected chi connectivity index (χ4v) is 14.4. The Hall–Kier alpha value is -5.02. The third kappa shape index (κ3) is 6.55. The Labute approximate surface area is 411 Å². The van der Waals surface area contributed by atoms with E-state index in [1.165, 1.54) is 132 Å². The van der Waals surface area contributed by atoms with Crippen LogP contribution in [0.4, 0.5) is 34.1 Å². The van der Waals surface area contributed by atoms with Crippen LogP contribution in [0, 0.1) is 13.8 Å². The largest absolute Gasteiger partial charge is 0.311 e. The van der Waals surface area contributed by atoms with E-state index in [2.05, 4.69) is 225 Å². The van der Waals surface area contributed by atoms with E-state index in [0.29, 0.717) is 0 Å². The average molecular weight is 897 g/mol. The Kier molecular flexibility index (Phi) is 9.55. The van der Waals surface area contributed by atoms with Gasteiger partial charge in [0.15, 0.2) is 0 Å². The summed E-state index contributed by atoms with van der Waals surface area (Å²) >= 11 is 0. The molecule has 3 heteroatoms. The van der Waals surface area contributed by atoms with Crippen molar-refractivity contribution in [2.75, 3.05) is 9.80 Å². The van der Waals surface area contributed by atoms with Gasteiger partial charge in [0.25, 0.3) is 6.71 Å². The molecule has 0 amide bonds. The molecular formula is C65H77BN2. The van der Waals surface area contributed by atoms with Crippen LogP contribution < -0.4 is 26.2 Å². The standard InChI is InChI=1S/C65H77BN2/c1-39-31-45-47(62(10,11)28-27-61(45,8)9)36-53(39)68-52-25-23-42(41-21-19-18-20-22-41)32-49(52)66-50-35-46-48(65(16,17)38-64(46,14)15)37-54(50)67(55-33-43(59(3,4)5)34-56(68)58(55)66)51-26-24-44-57(40(51)2)63(12,13)30-29-60(44,6)7/h18-26,31-37H,27-30,38H2,1-17H3. The molecule has 0 unspecified atom stereocenters. The lowest BCUT2D eigenvalue weighted by atomic mass is 9.33. The Morgan fingerprint density at radius 3 is 1.54 bits per heavy atom. The predicted octanol–water partition coefficient (Wildman–Crippen LogP) is 16.0. The molecular weight excluding hydrogens is 820 g/mol. The molecule has 0 radical (unpaired) electrons. The number of rotatable bonds is 3. The molecule has 0 fully saturated rings. The van der Waals surface area contributed by atoms with E-state index >= 15 is 0 Å². The first-order chi connectivity index (χ1) is 31.6. The van der Waals surface area contributed by atoms with E-state index in [-0.39, 0.29) is 44.6 Å². The quantitative estimate of drug-likeness (QED) is 0.163. The molecule has 0 bridgehead atoms. The molecule has 0 N–H and O–H groups in total. The normalized spacial score (nSPS) is 20.5. The second-order valence-electron chi connectivity index (χ2n) is 27.2. The highest BCUT2D eigenvalue weighted by atomic mass is 15.2. The maximum Gasteiger partial charge on any atom is 0.252 e. The molecule has 0 atom stereocenters. The monoisotopic (exact) mass is 897 g/mol. The molecule has 350 valence electrons. The summed E-state index contributed by atoms with van der Waals surface area (Å²) in [6.07, 6.45) is 5.90. The fraction of sp³-hybridized carbons (Fsp3) is 0.446. The number of nitrogens with zero attached hydrogens (tertiary/aromatic N) is 2. The van der Waals surface area contributed by atoms with E-state index in [0.717, 1.165) is 6.42 Å². The number of fused-ring (bicyclic) bond motifs is 7. The second-order valence-corrected chi connectivity index (χ2v) is 27.2. The van der Waals surface area contributed by atoms with Gasteiger partial charge >= 0.3 is 0 Å². The topological polar surface area (TPSA) is 6.48 Å². The summed E-state index contributed by atoms with van der Waals surface area (Å²) in [4.78, 5) is 5.49. The molecule has 3 aliphatic carbocycles. The summed E-state index contributed by atoms with van der Waals surface area (Å²) in [6.45, 7) is 41.9. The van der Waals surface area contributed by atoms with Gasteiger partial charge < -0.3 is 9.80 Å². The second kappa shape index (κ2) is 14.3. The first-order valence-corrected chi connectivity index (χ1v) is 26.1. The van der Waals surface area contributed by atoms with Gasteiger partial charge in [-0.3, -0.25) is 0 Å². The summed E-state index contributed by atoms with van der Waals surface area (Å²) in [5, 5.41) is 0. The number of aryl methyl sites for hydroxylation is 1. The first kappa shape index (κ1) is 45.4. The van der Waals surface area contributed by atoms with Crippen LogP contribution in [-0.2, 0) is 37.9 Å². The highest BCUT2D eigenvalue weighted by Gasteiger charge is 2.50. The Morgan fingerprint density at radius 1 is 0.426 bits per heavy atom. The minimum atomic E-state index is -0.103. The lowest BCUT2D eigenvalue weighted by Crippen LogP contribution is -2.62. The van der Waals surface area contributed by atoms with Crippen molar-refractivity contribution < 1.29 is 0 Å². The molecule has 6 aromatic carbocycles. The zero-order valence-electron chi connectivity index (χ0n) is 44.7. The van der Waals surface area contributed by atoms with Gasteiger partial charge in [-0.15, -0.1) is 0 Å². The highest BCUT2D eigenvalue weighted by molar-refractivity contribution is 7.00. The van der Waals surface area contributed by atoms with E-state index in [9.17, 15) is 0 Å². The van der Waals surface area contributed by atoms with Crippen molar-refractivity contribution in [2.45, 2.75) is 188 Å². The van der Waals surface area contributed by atoms with E-state index in [1.807, 2.05) is 0 Å². The van der Waals surface area contributed by atoms with E-state index < -0.39 is 0 Å². The van der Waals surface area contributed by atoms with Gasteiger partial charge in [0.2, 0.25) is 0 Å². The predicted molar refractivity (Wildman–Crippen MR) is 295 cm³/mol. The molecule has 2 heterocycles. The summed E-state index contributed by atoms with van der Waals surface area (Å²) in [5.74, 6) is 0. The summed E-state index contributed by atoms with van der Waals surface area (Å²) in [7, 11) is 0. The average Bonchev–Trinajstić information content (AvgIpc) is 3.44. The molecule has 2 nitrogen and oxygen atoms in total. The highest BCUT2D eigenvalue weighted by Crippen LogP contribution is 2.56.